The summed E-state index contributed by atoms with van der Waals surface area (Å²) < 4.78 is 10.3. The summed E-state index contributed by atoms with van der Waals surface area (Å²) in [5.41, 5.74) is 0. The van der Waals surface area contributed by atoms with E-state index in [1.807, 2.05) is 13.8 Å². The Morgan fingerprint density at radius 2 is 1.74 bits per heavy atom. The highest BCUT2D eigenvalue weighted by Crippen LogP contribution is 2.06. The smallest absolute Gasteiger partial charge is 0.407 e. The van der Waals surface area contributed by atoms with Crippen LogP contribution in [0.3, 0.4) is 0 Å². The molecule has 0 rings (SSSR count). The maximum atomic E-state index is 12.0. The van der Waals surface area contributed by atoms with E-state index in [4.69, 9.17) is 9.47 Å². The number of ether oxygens (including phenoxy) is 2. The topological polar surface area (TPSA) is 64.6 Å². The van der Waals surface area contributed by atoms with Crippen molar-refractivity contribution in [3.63, 3.8) is 0 Å². The van der Waals surface area contributed by atoms with Gasteiger partial charge < -0.3 is 14.8 Å². The molecular formula is C18H33NO4. The highest BCUT2D eigenvalue weighted by Gasteiger charge is 2.21. The lowest BCUT2D eigenvalue weighted by molar-refractivity contribution is -0.146. The van der Waals surface area contributed by atoms with Crippen LogP contribution < -0.4 is 5.32 Å². The largest absolute Gasteiger partial charge is 0.464 e. The average molecular weight is 327 g/mol. The van der Waals surface area contributed by atoms with Crippen LogP contribution in [0, 0.1) is 5.92 Å². The quantitative estimate of drug-likeness (QED) is 0.312. The third-order valence-corrected chi connectivity index (χ3v) is 3.27. The van der Waals surface area contributed by atoms with E-state index in [1.54, 1.807) is 6.08 Å². The molecule has 0 bridgehead atoms. The minimum atomic E-state index is -0.729. The van der Waals surface area contributed by atoms with Gasteiger partial charge in [0.05, 0.1) is 13.2 Å². The van der Waals surface area contributed by atoms with Gasteiger partial charge >= 0.3 is 12.1 Å². The van der Waals surface area contributed by atoms with Gasteiger partial charge in [-0.2, -0.15) is 0 Å². The molecule has 1 amide bonds. The van der Waals surface area contributed by atoms with Crippen LogP contribution in [0.1, 0.15) is 65.7 Å². The number of alkyl carbamates (subject to hydrolysis) is 1. The fourth-order valence-electron chi connectivity index (χ4n) is 1.96. The molecule has 1 atom stereocenters. The van der Waals surface area contributed by atoms with Gasteiger partial charge in [-0.15, -0.1) is 6.58 Å². The molecule has 1 unspecified atom stereocenters. The second kappa shape index (κ2) is 14.1. The fraction of sp³-hybridized carbons (Fsp3) is 0.778. The van der Waals surface area contributed by atoms with Crippen molar-refractivity contribution in [1.82, 2.24) is 5.32 Å². The normalized spacial score (nSPS) is 11.8. The van der Waals surface area contributed by atoms with Crippen molar-refractivity contribution in [1.29, 1.82) is 0 Å². The van der Waals surface area contributed by atoms with E-state index in [-0.39, 0.29) is 5.92 Å². The molecule has 5 heteroatoms. The van der Waals surface area contributed by atoms with Gasteiger partial charge in [-0.3, -0.25) is 0 Å². The predicted molar refractivity (Wildman–Crippen MR) is 92.3 cm³/mol. The Kier molecular flexibility index (Phi) is 13.2. The van der Waals surface area contributed by atoms with E-state index < -0.39 is 18.1 Å². The molecule has 0 aromatic carbocycles. The summed E-state index contributed by atoms with van der Waals surface area (Å²) in [6.45, 7) is 10.4. The van der Waals surface area contributed by atoms with Crippen molar-refractivity contribution >= 4 is 12.1 Å². The van der Waals surface area contributed by atoms with Gasteiger partial charge in [0.15, 0.2) is 0 Å². The average Bonchev–Trinajstić information content (AvgIpc) is 2.51. The number of unbranched alkanes of at least 4 members (excludes halogenated alkanes) is 5. The van der Waals surface area contributed by atoms with Gasteiger partial charge in [0.25, 0.3) is 0 Å². The van der Waals surface area contributed by atoms with Crippen LogP contribution in [0.4, 0.5) is 4.79 Å². The molecule has 0 aromatic heterocycles. The van der Waals surface area contributed by atoms with Gasteiger partial charge in [-0.25, -0.2) is 9.59 Å². The number of carbonyl (C=O) groups is 2. The zero-order chi connectivity index (χ0) is 17.5. The molecule has 23 heavy (non-hydrogen) atoms. The number of amides is 1. The lowest BCUT2D eigenvalue weighted by Crippen LogP contribution is -2.42. The summed E-state index contributed by atoms with van der Waals surface area (Å²) in [4.78, 5) is 23.6. The monoisotopic (exact) mass is 327 g/mol. The molecular weight excluding hydrogens is 294 g/mol. The van der Waals surface area contributed by atoms with Crippen molar-refractivity contribution in [3.05, 3.63) is 12.7 Å². The molecule has 0 radical (unpaired) electrons. The summed E-state index contributed by atoms with van der Waals surface area (Å²) in [5.74, 6) is -0.182. The van der Waals surface area contributed by atoms with E-state index >= 15 is 0 Å². The standard InChI is InChI=1S/C18H33NO4/c1-5-7-8-9-10-11-13-22-17(20)16(12-6-2)19-18(21)23-14-15(3)4/h6,15-16H,2,5,7-14H2,1,3-4H3,(H,19,21). The summed E-state index contributed by atoms with van der Waals surface area (Å²) in [6, 6.07) is -0.729. The predicted octanol–water partition coefficient (Wildman–Crippen LogP) is 4.22. The third kappa shape index (κ3) is 12.7. The Morgan fingerprint density at radius 3 is 2.35 bits per heavy atom. The SMILES string of the molecule is C=CCC(NC(=O)OCC(C)C)C(=O)OCCCCCCCC. The highest BCUT2D eigenvalue weighted by atomic mass is 16.6. The lowest BCUT2D eigenvalue weighted by atomic mass is 10.1. The molecule has 0 spiro atoms. The molecule has 0 aliphatic rings. The first-order valence-electron chi connectivity index (χ1n) is 8.72. The molecule has 0 heterocycles. The number of carbonyl (C=O) groups excluding carboxylic acids is 2. The Labute approximate surface area is 140 Å². The summed E-state index contributed by atoms with van der Waals surface area (Å²) in [7, 11) is 0. The third-order valence-electron chi connectivity index (χ3n) is 3.27. The van der Waals surface area contributed by atoms with Crippen LogP contribution >= 0.6 is 0 Å². The number of rotatable bonds is 13. The van der Waals surface area contributed by atoms with E-state index in [1.165, 1.54) is 25.7 Å². The molecule has 1 N–H and O–H groups in total. The summed E-state index contributed by atoms with van der Waals surface area (Å²) in [5, 5.41) is 2.53. The van der Waals surface area contributed by atoms with Crippen molar-refractivity contribution in [2.24, 2.45) is 5.92 Å². The van der Waals surface area contributed by atoms with Crippen molar-refractivity contribution in [3.8, 4) is 0 Å². The first kappa shape index (κ1) is 21.5. The molecule has 0 aliphatic heterocycles. The first-order valence-corrected chi connectivity index (χ1v) is 8.72. The van der Waals surface area contributed by atoms with E-state index in [0.29, 0.717) is 19.6 Å². The maximum Gasteiger partial charge on any atom is 0.407 e. The highest BCUT2D eigenvalue weighted by molar-refractivity contribution is 5.81. The number of hydrogen-bond donors (Lipinski definition) is 1. The van der Waals surface area contributed by atoms with Crippen LogP contribution in [-0.2, 0) is 14.3 Å². The first-order chi connectivity index (χ1) is 11.0. The van der Waals surface area contributed by atoms with Gasteiger partial charge in [0, 0.05) is 0 Å². The second-order valence-electron chi connectivity index (χ2n) is 6.15. The minimum absolute atomic E-state index is 0.248. The van der Waals surface area contributed by atoms with Crippen molar-refractivity contribution < 1.29 is 19.1 Å². The fourth-order valence-corrected chi connectivity index (χ4v) is 1.96. The van der Waals surface area contributed by atoms with E-state index in [0.717, 1.165) is 12.8 Å². The molecule has 134 valence electrons. The maximum absolute atomic E-state index is 12.0. The van der Waals surface area contributed by atoms with E-state index in [9.17, 15) is 9.59 Å². The zero-order valence-electron chi connectivity index (χ0n) is 14.9. The Morgan fingerprint density at radius 1 is 1.09 bits per heavy atom. The van der Waals surface area contributed by atoms with Gasteiger partial charge in [-0.1, -0.05) is 59.0 Å². The van der Waals surface area contributed by atoms with Crippen molar-refractivity contribution in [2.75, 3.05) is 13.2 Å². The minimum Gasteiger partial charge on any atom is -0.464 e. The molecule has 0 saturated heterocycles. The van der Waals surface area contributed by atoms with Crippen LogP contribution in [-0.4, -0.2) is 31.3 Å². The molecule has 0 saturated carbocycles. The van der Waals surface area contributed by atoms with Crippen LogP contribution in [0.15, 0.2) is 12.7 Å². The van der Waals surface area contributed by atoms with Gasteiger partial charge in [-0.05, 0) is 18.8 Å². The van der Waals surface area contributed by atoms with Crippen LogP contribution in [0.2, 0.25) is 0 Å². The summed E-state index contributed by atoms with van der Waals surface area (Å²) in [6.07, 6.45) is 8.10. The number of esters is 1. The second-order valence-corrected chi connectivity index (χ2v) is 6.15. The lowest BCUT2D eigenvalue weighted by Gasteiger charge is -2.16. The Bertz CT molecular complexity index is 342. The Hall–Kier alpha value is -1.52. The van der Waals surface area contributed by atoms with Crippen LogP contribution in [0.25, 0.3) is 0 Å². The van der Waals surface area contributed by atoms with Gasteiger partial charge in [0.2, 0.25) is 0 Å². The van der Waals surface area contributed by atoms with Crippen molar-refractivity contribution in [2.45, 2.75) is 71.8 Å². The zero-order valence-corrected chi connectivity index (χ0v) is 14.9. The molecule has 5 nitrogen and oxygen atoms in total. The molecule has 0 fully saturated rings. The van der Waals surface area contributed by atoms with Crippen LogP contribution in [0.5, 0.6) is 0 Å². The van der Waals surface area contributed by atoms with E-state index in [2.05, 4.69) is 18.8 Å². The van der Waals surface area contributed by atoms with Gasteiger partial charge in [0.1, 0.15) is 6.04 Å². The Balaban J connectivity index is 4.00. The molecule has 0 aromatic rings. The molecule has 0 aliphatic carbocycles. The summed E-state index contributed by atoms with van der Waals surface area (Å²) >= 11 is 0. The number of nitrogens with one attached hydrogen (secondary N) is 1. The number of hydrogen-bond acceptors (Lipinski definition) is 4.